The lowest BCUT2D eigenvalue weighted by Gasteiger charge is -2.38. The molecule has 53 heavy (non-hydrogen) atoms. The van der Waals surface area contributed by atoms with Gasteiger partial charge in [-0.25, -0.2) is 0 Å². The van der Waals surface area contributed by atoms with E-state index in [1.165, 1.54) is 25.7 Å². The predicted molar refractivity (Wildman–Crippen MR) is 218 cm³/mol. The molecule has 4 heterocycles. The Balaban J connectivity index is 1.06. The van der Waals surface area contributed by atoms with E-state index in [-0.39, 0.29) is 0 Å². The van der Waals surface area contributed by atoms with Crippen molar-refractivity contribution in [2.45, 2.75) is 0 Å². The van der Waals surface area contributed by atoms with Gasteiger partial charge in [-0.05, 0) is 94.0 Å². The topological polar surface area (TPSA) is 34.8 Å². The van der Waals surface area contributed by atoms with E-state index < -0.39 is 0 Å². The van der Waals surface area contributed by atoms with Gasteiger partial charge in [-0.1, -0.05) is 103 Å². The van der Waals surface area contributed by atoms with E-state index in [2.05, 4.69) is 144 Å². The van der Waals surface area contributed by atoms with Gasteiger partial charge in [0.15, 0.2) is 23.0 Å². The van der Waals surface area contributed by atoms with Crippen LogP contribution < -0.4 is 14.4 Å². The normalized spacial score (nSPS) is 12.8. The highest BCUT2D eigenvalue weighted by Crippen LogP contribution is 2.61. The predicted octanol–water partition coefficient (Wildman–Crippen LogP) is 14.6. The van der Waals surface area contributed by atoms with E-state index in [0.717, 1.165) is 89.8 Å². The standard InChI is InChI=1S/C48H27NO3S/c1-2-10-28(11-3-1)31-26-42-48-43(27-31)52-41-25-30(33-15-9-19-45-47(33)35-13-5-7-18-44(35)53-45)21-23-37(41)49(48)36-22-20-29(24-40(36)51-42)32-14-8-17-39-46(32)34-12-4-6-16-38(34)50-39/h1-27H. The third kappa shape index (κ3) is 4.23. The molecule has 0 spiro atoms. The molecule has 5 heteroatoms. The lowest BCUT2D eigenvalue weighted by Crippen LogP contribution is -2.20. The van der Waals surface area contributed by atoms with Crippen LogP contribution in [0, 0.1) is 0 Å². The molecular formula is C48H27NO3S. The minimum Gasteiger partial charge on any atom is -0.456 e. The summed E-state index contributed by atoms with van der Waals surface area (Å²) < 4.78 is 22.6. The molecule has 0 amide bonds. The summed E-state index contributed by atoms with van der Waals surface area (Å²) in [5.74, 6) is 3.09. The maximum Gasteiger partial charge on any atom is 0.156 e. The van der Waals surface area contributed by atoms with Crippen LogP contribution in [0.3, 0.4) is 0 Å². The zero-order valence-corrected chi connectivity index (χ0v) is 29.0. The van der Waals surface area contributed by atoms with Crippen LogP contribution in [-0.2, 0) is 0 Å². The first-order chi connectivity index (χ1) is 26.2. The Bertz CT molecular complexity index is 2950. The minimum absolute atomic E-state index is 0.752. The molecule has 0 unspecified atom stereocenters. The minimum atomic E-state index is 0.752. The molecule has 2 aliphatic rings. The summed E-state index contributed by atoms with van der Waals surface area (Å²) in [6.45, 7) is 0. The molecule has 0 saturated heterocycles. The van der Waals surface area contributed by atoms with Crippen molar-refractivity contribution in [3.05, 3.63) is 164 Å². The van der Waals surface area contributed by atoms with Crippen LogP contribution in [-0.4, -0.2) is 0 Å². The van der Waals surface area contributed by atoms with Gasteiger partial charge in [0, 0.05) is 30.9 Å². The zero-order valence-electron chi connectivity index (χ0n) is 28.2. The summed E-state index contributed by atoms with van der Waals surface area (Å²) in [5.41, 5.74) is 11.2. The second kappa shape index (κ2) is 10.8. The van der Waals surface area contributed by atoms with Gasteiger partial charge >= 0.3 is 0 Å². The Morgan fingerprint density at radius 2 is 0.981 bits per heavy atom. The number of anilines is 3. The number of thiophene rings is 1. The van der Waals surface area contributed by atoms with Crippen LogP contribution in [0.1, 0.15) is 0 Å². The van der Waals surface area contributed by atoms with Gasteiger partial charge in [-0.2, -0.15) is 0 Å². The fourth-order valence-electron chi connectivity index (χ4n) is 8.29. The van der Waals surface area contributed by atoms with Crippen molar-refractivity contribution in [1.82, 2.24) is 0 Å². The SMILES string of the molecule is c1ccc(-c2cc3c4c(c2)Oc2cc(-c5cccc6sc7ccccc7c56)ccc2N4c2ccc(-c4cccc5oc6ccccc6c45)cc2O3)cc1. The molecule has 2 aliphatic heterocycles. The molecule has 0 N–H and O–H groups in total. The van der Waals surface area contributed by atoms with Crippen molar-refractivity contribution in [3.63, 3.8) is 0 Å². The maximum atomic E-state index is 6.89. The van der Waals surface area contributed by atoms with Gasteiger partial charge in [0.2, 0.25) is 0 Å². The van der Waals surface area contributed by atoms with Gasteiger partial charge in [0.05, 0.1) is 11.4 Å². The van der Waals surface area contributed by atoms with Gasteiger partial charge < -0.3 is 13.9 Å². The number of ether oxygens (including phenoxy) is 2. The quantitative estimate of drug-likeness (QED) is 0.184. The second-order valence-corrected chi connectivity index (χ2v) is 14.7. The average Bonchev–Trinajstić information content (AvgIpc) is 3.79. The number of benzene rings is 8. The molecule has 2 aromatic heterocycles. The summed E-state index contributed by atoms with van der Waals surface area (Å²) in [5, 5.41) is 4.76. The summed E-state index contributed by atoms with van der Waals surface area (Å²) in [6.07, 6.45) is 0. The number of para-hydroxylation sites is 1. The van der Waals surface area contributed by atoms with E-state index in [4.69, 9.17) is 13.9 Å². The highest BCUT2D eigenvalue weighted by atomic mass is 32.1. The molecule has 12 rings (SSSR count). The second-order valence-electron chi connectivity index (χ2n) is 13.6. The molecule has 4 nitrogen and oxygen atoms in total. The summed E-state index contributed by atoms with van der Waals surface area (Å²) in [7, 11) is 0. The van der Waals surface area contributed by atoms with E-state index in [0.29, 0.717) is 0 Å². The molecule has 0 bridgehead atoms. The van der Waals surface area contributed by atoms with Crippen LogP contribution in [0.5, 0.6) is 23.0 Å². The highest BCUT2D eigenvalue weighted by molar-refractivity contribution is 7.25. The first-order valence-corrected chi connectivity index (χ1v) is 18.6. The van der Waals surface area contributed by atoms with E-state index in [1.807, 2.05) is 35.6 Å². The Labute approximate surface area is 308 Å². The number of nitrogens with zero attached hydrogens (tertiary/aromatic N) is 1. The first-order valence-electron chi connectivity index (χ1n) is 17.7. The van der Waals surface area contributed by atoms with Crippen molar-refractivity contribution < 1.29 is 13.9 Å². The molecule has 248 valence electrons. The third-order valence-electron chi connectivity index (χ3n) is 10.6. The average molecular weight is 698 g/mol. The van der Waals surface area contributed by atoms with Crippen LogP contribution in [0.25, 0.3) is 75.5 Å². The van der Waals surface area contributed by atoms with Crippen LogP contribution in [0.15, 0.2) is 168 Å². The van der Waals surface area contributed by atoms with Gasteiger partial charge in [0.1, 0.15) is 16.9 Å². The van der Waals surface area contributed by atoms with Crippen molar-refractivity contribution in [2.75, 3.05) is 4.90 Å². The Kier molecular flexibility index (Phi) is 5.90. The summed E-state index contributed by atoms with van der Waals surface area (Å²) in [4.78, 5) is 2.30. The lowest BCUT2D eigenvalue weighted by atomic mass is 9.96. The van der Waals surface area contributed by atoms with E-state index >= 15 is 0 Å². The third-order valence-corrected chi connectivity index (χ3v) is 11.8. The van der Waals surface area contributed by atoms with Crippen molar-refractivity contribution in [1.29, 1.82) is 0 Å². The smallest absolute Gasteiger partial charge is 0.156 e. The van der Waals surface area contributed by atoms with Crippen molar-refractivity contribution in [3.8, 4) is 56.4 Å². The van der Waals surface area contributed by atoms with Crippen molar-refractivity contribution in [2.24, 2.45) is 0 Å². The molecule has 0 saturated carbocycles. The first kappa shape index (κ1) is 28.8. The van der Waals surface area contributed by atoms with E-state index in [1.54, 1.807) is 0 Å². The van der Waals surface area contributed by atoms with Gasteiger partial charge in [0.25, 0.3) is 0 Å². The summed E-state index contributed by atoms with van der Waals surface area (Å²) in [6, 6.07) is 57.6. The number of rotatable bonds is 3. The Morgan fingerprint density at radius 3 is 1.74 bits per heavy atom. The monoisotopic (exact) mass is 697 g/mol. The molecule has 0 atom stereocenters. The lowest BCUT2D eigenvalue weighted by molar-refractivity contribution is 0.446. The fourth-order valence-corrected chi connectivity index (χ4v) is 9.42. The number of hydrogen-bond donors (Lipinski definition) is 0. The number of fused-ring (bicyclic) bond motifs is 10. The maximum absolute atomic E-state index is 6.89. The molecule has 10 aromatic rings. The molecular weight excluding hydrogens is 671 g/mol. The zero-order chi connectivity index (χ0) is 34.6. The molecule has 8 aromatic carbocycles. The largest absolute Gasteiger partial charge is 0.456 e. The highest BCUT2D eigenvalue weighted by Gasteiger charge is 2.36. The molecule has 0 fully saturated rings. The molecule has 0 radical (unpaired) electrons. The van der Waals surface area contributed by atoms with E-state index in [9.17, 15) is 0 Å². The summed E-state index contributed by atoms with van der Waals surface area (Å²) >= 11 is 1.84. The number of hydrogen-bond acceptors (Lipinski definition) is 5. The van der Waals surface area contributed by atoms with Crippen molar-refractivity contribution >= 4 is 70.5 Å². The fraction of sp³-hybridized carbons (Fsp3) is 0. The Hall–Kier alpha value is -6.82. The van der Waals surface area contributed by atoms with Gasteiger partial charge in [-0.15, -0.1) is 11.3 Å². The molecule has 0 aliphatic carbocycles. The van der Waals surface area contributed by atoms with Crippen LogP contribution in [0.2, 0.25) is 0 Å². The number of furan rings is 1. The Morgan fingerprint density at radius 1 is 0.396 bits per heavy atom. The van der Waals surface area contributed by atoms with Gasteiger partial charge in [-0.3, -0.25) is 4.90 Å². The van der Waals surface area contributed by atoms with Crippen LogP contribution in [0.4, 0.5) is 17.1 Å². The van der Waals surface area contributed by atoms with Crippen LogP contribution >= 0.6 is 11.3 Å².